The molecule has 134 valence electrons. The number of nitrogens with one attached hydrogen (secondary N) is 1. The van der Waals surface area contributed by atoms with Gasteiger partial charge in [0.2, 0.25) is 0 Å². The fraction of sp³-hybridized carbons (Fsp3) is 0.474. The maximum absolute atomic E-state index is 13.0. The molecule has 2 aliphatic heterocycles. The number of benzene rings is 1. The number of nitrogens with zero attached hydrogens (tertiary/aromatic N) is 3. The van der Waals surface area contributed by atoms with Crippen LogP contribution in [0.5, 0.6) is 0 Å². The summed E-state index contributed by atoms with van der Waals surface area (Å²) in [6.45, 7) is 6.65. The quantitative estimate of drug-likeness (QED) is 0.909. The first-order valence-corrected chi connectivity index (χ1v) is 8.85. The fourth-order valence-corrected chi connectivity index (χ4v) is 4.05. The summed E-state index contributed by atoms with van der Waals surface area (Å²) in [6.07, 6.45) is 2.58. The minimum Gasteiger partial charge on any atom is -0.338 e. The molecule has 2 saturated heterocycles. The van der Waals surface area contributed by atoms with Gasteiger partial charge in [-0.25, -0.2) is 0 Å². The molecule has 6 heteroatoms. The number of fused-ring (bicyclic) bond motifs is 1. The summed E-state index contributed by atoms with van der Waals surface area (Å²) < 4.78 is 1.97. The molecule has 0 radical (unpaired) electrons. The van der Waals surface area contributed by atoms with E-state index in [2.05, 4.69) is 29.5 Å². The van der Waals surface area contributed by atoms with Gasteiger partial charge in [-0.1, -0.05) is 37.3 Å². The number of aromatic nitrogens is 2. The minimum absolute atomic E-state index is 0. The Hall–Kier alpha value is -1.85. The second-order valence-electron chi connectivity index (χ2n) is 6.89. The van der Waals surface area contributed by atoms with Crippen LogP contribution in [0.2, 0.25) is 0 Å². The molecule has 1 amide bonds. The van der Waals surface area contributed by atoms with E-state index in [4.69, 9.17) is 0 Å². The zero-order valence-corrected chi connectivity index (χ0v) is 15.3. The third-order valence-corrected chi connectivity index (χ3v) is 5.37. The fourth-order valence-electron chi connectivity index (χ4n) is 4.05. The van der Waals surface area contributed by atoms with Crippen LogP contribution in [0.1, 0.15) is 28.5 Å². The van der Waals surface area contributed by atoms with Gasteiger partial charge in [-0.3, -0.25) is 9.48 Å². The van der Waals surface area contributed by atoms with Crippen molar-refractivity contribution in [1.29, 1.82) is 0 Å². The van der Waals surface area contributed by atoms with Crippen LogP contribution in [0.4, 0.5) is 0 Å². The summed E-state index contributed by atoms with van der Waals surface area (Å²) in [5.41, 5.74) is 3.02. The van der Waals surface area contributed by atoms with E-state index in [-0.39, 0.29) is 18.3 Å². The van der Waals surface area contributed by atoms with Crippen molar-refractivity contribution in [3.05, 3.63) is 53.3 Å². The first-order valence-electron chi connectivity index (χ1n) is 8.85. The molecule has 2 aromatic rings. The molecule has 0 bridgehead atoms. The van der Waals surface area contributed by atoms with Crippen molar-refractivity contribution in [1.82, 2.24) is 20.0 Å². The Morgan fingerprint density at radius 3 is 2.52 bits per heavy atom. The van der Waals surface area contributed by atoms with E-state index in [1.54, 1.807) is 6.20 Å². The van der Waals surface area contributed by atoms with Crippen LogP contribution in [0.25, 0.3) is 0 Å². The van der Waals surface area contributed by atoms with Crippen LogP contribution in [0, 0.1) is 11.8 Å². The average molecular weight is 361 g/mol. The molecule has 0 saturated carbocycles. The molecular formula is C19H25ClN4O. The maximum atomic E-state index is 13.0. The highest BCUT2D eigenvalue weighted by Crippen LogP contribution is 2.28. The van der Waals surface area contributed by atoms with Crippen molar-refractivity contribution in [3.63, 3.8) is 0 Å². The van der Waals surface area contributed by atoms with Crippen molar-refractivity contribution >= 4 is 18.3 Å². The van der Waals surface area contributed by atoms with E-state index >= 15 is 0 Å². The Morgan fingerprint density at radius 2 is 1.88 bits per heavy atom. The predicted octanol–water partition coefficient (Wildman–Crippen LogP) is 2.21. The number of hydrogen-bond donors (Lipinski definition) is 1. The standard InChI is InChI=1S/C19H24N4O.ClH/c1-2-18-17(10-21-23(18)11-14-6-4-3-5-7-14)19(24)22-12-15-8-20-9-16(15)13-22;/h3-7,10,15-16,20H,2,8-9,11-13H2,1H3;1H/t15-,16+;. The van der Waals surface area contributed by atoms with E-state index in [0.717, 1.165) is 43.9 Å². The number of rotatable bonds is 4. The molecule has 3 heterocycles. The van der Waals surface area contributed by atoms with Crippen LogP contribution in [0.15, 0.2) is 36.5 Å². The predicted molar refractivity (Wildman–Crippen MR) is 100 cm³/mol. The maximum Gasteiger partial charge on any atom is 0.257 e. The van der Waals surface area contributed by atoms with Gasteiger partial charge < -0.3 is 10.2 Å². The van der Waals surface area contributed by atoms with Crippen molar-refractivity contribution in [3.8, 4) is 0 Å². The molecule has 2 aliphatic rings. The lowest BCUT2D eigenvalue weighted by atomic mass is 10.0. The second-order valence-corrected chi connectivity index (χ2v) is 6.89. The van der Waals surface area contributed by atoms with E-state index in [1.807, 2.05) is 27.8 Å². The minimum atomic E-state index is 0. The van der Waals surface area contributed by atoms with Crippen LogP contribution in [-0.4, -0.2) is 46.8 Å². The molecule has 5 nitrogen and oxygen atoms in total. The Morgan fingerprint density at radius 1 is 1.20 bits per heavy atom. The topological polar surface area (TPSA) is 50.2 Å². The molecule has 2 atom stereocenters. The normalized spacial score (nSPS) is 21.9. The van der Waals surface area contributed by atoms with E-state index in [1.165, 1.54) is 5.56 Å². The van der Waals surface area contributed by atoms with Crippen molar-refractivity contribution in [2.24, 2.45) is 11.8 Å². The Kier molecular flexibility index (Phi) is 5.45. The highest BCUT2D eigenvalue weighted by Gasteiger charge is 2.39. The number of amides is 1. The summed E-state index contributed by atoms with van der Waals surface area (Å²) in [5, 5.41) is 7.93. The van der Waals surface area contributed by atoms with Crippen molar-refractivity contribution < 1.29 is 4.79 Å². The Labute approximate surface area is 154 Å². The van der Waals surface area contributed by atoms with Crippen LogP contribution in [0.3, 0.4) is 0 Å². The summed E-state index contributed by atoms with van der Waals surface area (Å²) in [5.74, 6) is 1.40. The molecule has 25 heavy (non-hydrogen) atoms. The number of halogens is 1. The van der Waals surface area contributed by atoms with Gasteiger partial charge in [0, 0.05) is 26.2 Å². The zero-order valence-electron chi connectivity index (χ0n) is 14.5. The summed E-state index contributed by atoms with van der Waals surface area (Å²) in [4.78, 5) is 15.0. The average Bonchev–Trinajstić information content (AvgIpc) is 3.29. The van der Waals surface area contributed by atoms with E-state index in [9.17, 15) is 4.79 Å². The van der Waals surface area contributed by atoms with E-state index in [0.29, 0.717) is 18.4 Å². The molecule has 0 aliphatic carbocycles. The lowest BCUT2D eigenvalue weighted by Crippen LogP contribution is -2.32. The molecule has 1 aromatic heterocycles. The van der Waals surface area contributed by atoms with Gasteiger partial charge in [0.05, 0.1) is 24.0 Å². The number of carbonyl (C=O) groups is 1. The van der Waals surface area contributed by atoms with Crippen molar-refractivity contribution in [2.75, 3.05) is 26.2 Å². The van der Waals surface area contributed by atoms with Crippen LogP contribution in [-0.2, 0) is 13.0 Å². The van der Waals surface area contributed by atoms with Gasteiger partial charge in [-0.05, 0) is 23.8 Å². The lowest BCUT2D eigenvalue weighted by molar-refractivity contribution is 0.0780. The van der Waals surface area contributed by atoms with Gasteiger partial charge in [0.1, 0.15) is 0 Å². The van der Waals surface area contributed by atoms with Crippen LogP contribution < -0.4 is 5.32 Å². The van der Waals surface area contributed by atoms with Crippen molar-refractivity contribution in [2.45, 2.75) is 19.9 Å². The molecule has 0 unspecified atom stereocenters. The van der Waals surface area contributed by atoms with E-state index < -0.39 is 0 Å². The first-order chi connectivity index (χ1) is 11.8. The molecule has 0 spiro atoms. The largest absolute Gasteiger partial charge is 0.338 e. The molecule has 2 fully saturated rings. The molecule has 1 aromatic carbocycles. The van der Waals surface area contributed by atoms with Gasteiger partial charge >= 0.3 is 0 Å². The molecule has 4 rings (SSSR count). The lowest BCUT2D eigenvalue weighted by Gasteiger charge is -2.17. The first kappa shape index (κ1) is 18.0. The number of hydrogen-bond acceptors (Lipinski definition) is 3. The third-order valence-electron chi connectivity index (χ3n) is 5.37. The highest BCUT2D eigenvalue weighted by molar-refractivity contribution is 5.95. The van der Waals surface area contributed by atoms with Gasteiger partial charge in [0.15, 0.2) is 0 Å². The van der Waals surface area contributed by atoms with Gasteiger partial charge in [-0.2, -0.15) is 5.10 Å². The number of carbonyl (C=O) groups excluding carboxylic acids is 1. The summed E-state index contributed by atoms with van der Waals surface area (Å²) in [6, 6.07) is 10.3. The third kappa shape index (κ3) is 3.44. The Bertz CT molecular complexity index is 718. The van der Waals surface area contributed by atoms with Crippen LogP contribution >= 0.6 is 12.4 Å². The van der Waals surface area contributed by atoms with Gasteiger partial charge in [-0.15, -0.1) is 12.4 Å². The monoisotopic (exact) mass is 360 g/mol. The SMILES string of the molecule is CCc1c(C(=O)N2C[C@H]3CNC[C@H]3C2)cnn1Cc1ccccc1.Cl. The van der Waals surface area contributed by atoms with Gasteiger partial charge in [0.25, 0.3) is 5.91 Å². The Balaban J connectivity index is 0.00000182. The number of likely N-dealkylation sites (tertiary alicyclic amines) is 1. The second kappa shape index (κ2) is 7.58. The molecule has 1 N–H and O–H groups in total. The highest BCUT2D eigenvalue weighted by atomic mass is 35.5. The molecular weight excluding hydrogens is 336 g/mol. The summed E-state index contributed by atoms with van der Waals surface area (Å²) >= 11 is 0. The zero-order chi connectivity index (χ0) is 16.5. The summed E-state index contributed by atoms with van der Waals surface area (Å²) in [7, 11) is 0. The smallest absolute Gasteiger partial charge is 0.257 e.